The number of likely N-dealkylation sites (N-methyl/N-ethyl adjacent to an activating group) is 2. The summed E-state index contributed by atoms with van der Waals surface area (Å²) in [6, 6.07) is 5.13. The number of benzene rings is 1. The molecule has 0 fully saturated rings. The molecular formula is C17H22FN5O2. The number of anilines is 1. The number of ether oxygens (including phenoxy) is 1. The van der Waals surface area contributed by atoms with Crippen LogP contribution in [0, 0.1) is 5.82 Å². The number of rotatable bonds is 7. The van der Waals surface area contributed by atoms with Gasteiger partial charge in [-0.3, -0.25) is 9.78 Å². The van der Waals surface area contributed by atoms with E-state index in [9.17, 15) is 9.18 Å². The van der Waals surface area contributed by atoms with Gasteiger partial charge >= 0.3 is 0 Å². The molecule has 1 aromatic carbocycles. The lowest BCUT2D eigenvalue weighted by Gasteiger charge is -2.24. The Morgan fingerprint density at radius 1 is 1.24 bits per heavy atom. The highest BCUT2D eigenvalue weighted by Crippen LogP contribution is 2.20. The lowest BCUT2D eigenvalue weighted by molar-refractivity contribution is -0.130. The van der Waals surface area contributed by atoms with Crippen molar-refractivity contribution in [1.82, 2.24) is 14.9 Å². The molecule has 25 heavy (non-hydrogen) atoms. The first-order valence-corrected chi connectivity index (χ1v) is 7.84. The van der Waals surface area contributed by atoms with E-state index in [1.807, 2.05) is 11.9 Å². The highest BCUT2D eigenvalue weighted by atomic mass is 19.1. The number of nitrogens with zero attached hydrogens (tertiary/aromatic N) is 4. The molecule has 7 nitrogen and oxygen atoms in total. The van der Waals surface area contributed by atoms with Crippen molar-refractivity contribution in [2.75, 3.05) is 32.1 Å². The van der Waals surface area contributed by atoms with Gasteiger partial charge in [-0.1, -0.05) is 0 Å². The van der Waals surface area contributed by atoms with E-state index in [2.05, 4.69) is 9.97 Å². The number of amides is 1. The topological polar surface area (TPSA) is 84.6 Å². The number of halogens is 1. The van der Waals surface area contributed by atoms with Crippen LogP contribution in [0.2, 0.25) is 0 Å². The maximum atomic E-state index is 12.9. The number of nitrogens with two attached hydrogens (primary N) is 1. The number of carbonyl (C=O) groups excluding carboxylic acids is 1. The van der Waals surface area contributed by atoms with Crippen molar-refractivity contribution in [3.05, 3.63) is 42.5 Å². The van der Waals surface area contributed by atoms with Gasteiger partial charge in [0, 0.05) is 27.2 Å². The van der Waals surface area contributed by atoms with Crippen LogP contribution in [-0.4, -0.2) is 54.0 Å². The molecule has 0 bridgehead atoms. The van der Waals surface area contributed by atoms with Crippen LogP contribution in [0.3, 0.4) is 0 Å². The fraction of sp³-hybridized carbons (Fsp3) is 0.353. The van der Waals surface area contributed by atoms with Gasteiger partial charge < -0.3 is 20.3 Å². The SMILES string of the molecule is CC(N)C(=O)N(C)CCN(C)c1cncc(Oc2ccc(F)cc2)n1. The predicted octanol–water partition coefficient (Wildman–Crippen LogP) is 1.65. The predicted molar refractivity (Wildman–Crippen MR) is 93.1 cm³/mol. The third-order valence-corrected chi connectivity index (χ3v) is 3.56. The van der Waals surface area contributed by atoms with Crippen molar-refractivity contribution < 1.29 is 13.9 Å². The van der Waals surface area contributed by atoms with Gasteiger partial charge in [0.15, 0.2) is 5.82 Å². The molecule has 8 heteroatoms. The molecule has 1 aromatic heterocycles. The molecule has 1 unspecified atom stereocenters. The molecule has 0 aliphatic carbocycles. The third kappa shape index (κ3) is 5.39. The lowest BCUT2D eigenvalue weighted by Crippen LogP contribution is -2.42. The van der Waals surface area contributed by atoms with E-state index >= 15 is 0 Å². The Balaban J connectivity index is 1.97. The monoisotopic (exact) mass is 347 g/mol. The molecule has 1 heterocycles. The van der Waals surface area contributed by atoms with E-state index < -0.39 is 6.04 Å². The smallest absolute Gasteiger partial charge is 0.239 e. The average molecular weight is 347 g/mol. The van der Waals surface area contributed by atoms with Crippen LogP contribution in [0.5, 0.6) is 11.6 Å². The summed E-state index contributed by atoms with van der Waals surface area (Å²) in [5.41, 5.74) is 5.59. The standard InChI is InChI=1S/C17H22FN5O2/c1-12(19)17(24)23(3)9-8-22(2)15-10-20-11-16(21-15)25-14-6-4-13(18)5-7-14/h4-7,10-12H,8-9,19H2,1-3H3. The van der Waals surface area contributed by atoms with E-state index in [4.69, 9.17) is 10.5 Å². The molecule has 0 aliphatic heterocycles. The summed E-state index contributed by atoms with van der Waals surface area (Å²) >= 11 is 0. The van der Waals surface area contributed by atoms with Crippen molar-refractivity contribution in [3.8, 4) is 11.6 Å². The molecule has 2 aromatic rings. The molecule has 134 valence electrons. The second-order valence-electron chi connectivity index (χ2n) is 5.74. The summed E-state index contributed by atoms with van der Waals surface area (Å²) in [6.07, 6.45) is 3.08. The summed E-state index contributed by atoms with van der Waals surface area (Å²) in [6.45, 7) is 2.72. The van der Waals surface area contributed by atoms with Crippen LogP contribution >= 0.6 is 0 Å². The average Bonchev–Trinajstić information content (AvgIpc) is 2.60. The molecule has 0 aliphatic rings. The van der Waals surface area contributed by atoms with Crippen LogP contribution in [-0.2, 0) is 4.79 Å². The largest absolute Gasteiger partial charge is 0.437 e. The van der Waals surface area contributed by atoms with Gasteiger partial charge in [-0.2, -0.15) is 4.98 Å². The maximum Gasteiger partial charge on any atom is 0.239 e. The first-order valence-electron chi connectivity index (χ1n) is 7.84. The second-order valence-corrected chi connectivity index (χ2v) is 5.74. The number of aromatic nitrogens is 2. The first-order chi connectivity index (χ1) is 11.9. The molecule has 0 saturated carbocycles. The highest BCUT2D eigenvalue weighted by molar-refractivity contribution is 5.80. The van der Waals surface area contributed by atoms with Gasteiger partial charge in [0.1, 0.15) is 11.6 Å². The Labute approximate surface area is 146 Å². The normalized spacial score (nSPS) is 11.7. The summed E-state index contributed by atoms with van der Waals surface area (Å²) in [7, 11) is 3.55. The summed E-state index contributed by atoms with van der Waals surface area (Å²) in [4.78, 5) is 23.7. The quantitative estimate of drug-likeness (QED) is 0.820. The van der Waals surface area contributed by atoms with Gasteiger partial charge in [-0.25, -0.2) is 4.39 Å². The van der Waals surface area contributed by atoms with E-state index in [1.54, 1.807) is 25.1 Å². The third-order valence-electron chi connectivity index (χ3n) is 3.56. The fourth-order valence-corrected chi connectivity index (χ4v) is 2.07. The minimum Gasteiger partial charge on any atom is -0.437 e. The van der Waals surface area contributed by atoms with Gasteiger partial charge in [0.2, 0.25) is 11.8 Å². The minimum atomic E-state index is -0.525. The molecule has 0 spiro atoms. The van der Waals surface area contributed by atoms with Crippen molar-refractivity contribution >= 4 is 11.7 Å². The summed E-state index contributed by atoms with van der Waals surface area (Å²) in [5, 5.41) is 0. The molecule has 0 saturated heterocycles. The van der Waals surface area contributed by atoms with Crippen molar-refractivity contribution in [2.45, 2.75) is 13.0 Å². The summed E-state index contributed by atoms with van der Waals surface area (Å²) in [5.74, 6) is 0.917. The fourth-order valence-electron chi connectivity index (χ4n) is 2.07. The summed E-state index contributed by atoms with van der Waals surface area (Å²) < 4.78 is 18.5. The maximum absolute atomic E-state index is 12.9. The zero-order valence-corrected chi connectivity index (χ0v) is 14.5. The Kier molecular flexibility index (Phi) is 6.24. The lowest BCUT2D eigenvalue weighted by atomic mass is 10.3. The number of carbonyl (C=O) groups is 1. The van der Waals surface area contributed by atoms with Crippen LogP contribution in [0.1, 0.15) is 6.92 Å². The minimum absolute atomic E-state index is 0.118. The van der Waals surface area contributed by atoms with Crippen LogP contribution in [0.4, 0.5) is 10.2 Å². The van der Waals surface area contributed by atoms with E-state index in [-0.39, 0.29) is 11.7 Å². The van der Waals surface area contributed by atoms with Gasteiger partial charge in [-0.05, 0) is 31.2 Å². The Hall–Kier alpha value is -2.74. The number of hydrogen-bond acceptors (Lipinski definition) is 6. The number of hydrogen-bond donors (Lipinski definition) is 1. The zero-order valence-electron chi connectivity index (χ0n) is 14.5. The van der Waals surface area contributed by atoms with Gasteiger partial charge in [0.25, 0.3) is 0 Å². The Morgan fingerprint density at radius 3 is 2.56 bits per heavy atom. The zero-order chi connectivity index (χ0) is 18.4. The molecular weight excluding hydrogens is 325 g/mol. The molecule has 2 N–H and O–H groups in total. The second kappa shape index (κ2) is 8.39. The molecule has 0 radical (unpaired) electrons. The van der Waals surface area contributed by atoms with Crippen molar-refractivity contribution in [1.29, 1.82) is 0 Å². The Bertz CT molecular complexity index is 708. The van der Waals surface area contributed by atoms with E-state index in [1.165, 1.54) is 30.5 Å². The van der Waals surface area contributed by atoms with Crippen molar-refractivity contribution in [2.24, 2.45) is 5.73 Å². The highest BCUT2D eigenvalue weighted by Gasteiger charge is 2.14. The van der Waals surface area contributed by atoms with Crippen LogP contribution in [0.25, 0.3) is 0 Å². The van der Waals surface area contributed by atoms with Gasteiger partial charge in [0.05, 0.1) is 18.4 Å². The first kappa shape index (κ1) is 18.6. The molecule has 1 amide bonds. The van der Waals surface area contributed by atoms with Crippen LogP contribution in [0.15, 0.2) is 36.7 Å². The van der Waals surface area contributed by atoms with E-state index in [0.29, 0.717) is 30.5 Å². The Morgan fingerprint density at radius 2 is 1.92 bits per heavy atom. The molecule has 2 rings (SSSR count). The van der Waals surface area contributed by atoms with Crippen molar-refractivity contribution in [3.63, 3.8) is 0 Å². The molecule has 1 atom stereocenters. The van der Waals surface area contributed by atoms with Gasteiger partial charge in [-0.15, -0.1) is 0 Å². The van der Waals surface area contributed by atoms with E-state index in [0.717, 1.165) is 0 Å². The van der Waals surface area contributed by atoms with Crippen LogP contribution < -0.4 is 15.4 Å².